The average Bonchev–Trinajstić information content (AvgIpc) is 2.93. The van der Waals surface area contributed by atoms with E-state index in [-0.39, 0.29) is 18.6 Å². The number of halogens is 1. The maximum atomic E-state index is 9.56. The van der Waals surface area contributed by atoms with Gasteiger partial charge >= 0.3 is 0 Å². The van der Waals surface area contributed by atoms with Crippen LogP contribution in [0.2, 0.25) is 5.02 Å². The van der Waals surface area contributed by atoms with Crippen LogP contribution in [-0.2, 0) is 0 Å². The van der Waals surface area contributed by atoms with Crippen molar-refractivity contribution < 1.29 is 9.84 Å². The fraction of sp³-hybridized carbons (Fsp3) is 0.600. The van der Waals surface area contributed by atoms with Crippen LogP contribution in [-0.4, -0.2) is 36.8 Å². The summed E-state index contributed by atoms with van der Waals surface area (Å²) in [4.78, 5) is 2.43. The fourth-order valence-corrected chi connectivity index (χ4v) is 3.10. The second-order valence-electron chi connectivity index (χ2n) is 5.23. The van der Waals surface area contributed by atoms with Crippen LogP contribution < -0.4 is 4.74 Å². The van der Waals surface area contributed by atoms with Gasteiger partial charge in [0, 0.05) is 23.2 Å². The zero-order valence-corrected chi connectivity index (χ0v) is 12.4. The number of hydrogen-bond acceptors (Lipinski definition) is 3. The van der Waals surface area contributed by atoms with Gasteiger partial charge in [0.05, 0.1) is 7.11 Å². The molecule has 1 aliphatic heterocycles. The van der Waals surface area contributed by atoms with Crippen LogP contribution in [0.25, 0.3) is 0 Å². The van der Waals surface area contributed by atoms with Crippen LogP contribution in [0.15, 0.2) is 18.2 Å². The molecule has 1 aromatic carbocycles. The quantitative estimate of drug-likeness (QED) is 0.901. The Balaban J connectivity index is 2.38. The highest BCUT2D eigenvalue weighted by molar-refractivity contribution is 6.30. The van der Waals surface area contributed by atoms with E-state index in [0.29, 0.717) is 5.02 Å². The smallest absolute Gasteiger partial charge is 0.123 e. The molecule has 0 aliphatic carbocycles. The first-order valence-electron chi connectivity index (χ1n) is 6.85. The van der Waals surface area contributed by atoms with Crippen LogP contribution in [0, 0.1) is 5.92 Å². The van der Waals surface area contributed by atoms with Crippen LogP contribution in [0.4, 0.5) is 0 Å². The number of methoxy groups -OCH3 is 1. The molecule has 1 heterocycles. The third-order valence-corrected chi connectivity index (χ3v) is 4.11. The molecule has 0 saturated carbocycles. The molecule has 2 unspecified atom stereocenters. The van der Waals surface area contributed by atoms with Gasteiger partial charge in [-0.15, -0.1) is 0 Å². The minimum absolute atomic E-state index is 0.158. The molecule has 0 amide bonds. The van der Waals surface area contributed by atoms with Crippen molar-refractivity contribution in [3.05, 3.63) is 28.8 Å². The monoisotopic (exact) mass is 283 g/mol. The van der Waals surface area contributed by atoms with Gasteiger partial charge in [0.2, 0.25) is 0 Å². The molecular weight excluding hydrogens is 262 g/mol. The van der Waals surface area contributed by atoms with E-state index in [9.17, 15) is 5.11 Å². The molecule has 19 heavy (non-hydrogen) atoms. The third kappa shape index (κ3) is 3.22. The number of hydrogen-bond donors (Lipinski definition) is 1. The Morgan fingerprint density at radius 2 is 2.05 bits per heavy atom. The summed E-state index contributed by atoms with van der Waals surface area (Å²) in [5.41, 5.74) is 1.08. The fourth-order valence-electron chi connectivity index (χ4n) is 2.92. The summed E-state index contributed by atoms with van der Waals surface area (Å²) in [7, 11) is 1.68. The molecule has 0 spiro atoms. The van der Waals surface area contributed by atoms with E-state index in [4.69, 9.17) is 16.3 Å². The van der Waals surface area contributed by atoms with E-state index in [1.807, 2.05) is 18.2 Å². The lowest BCUT2D eigenvalue weighted by atomic mass is 9.93. The third-order valence-electron chi connectivity index (χ3n) is 3.87. The normalized spacial score (nSPS) is 19.4. The van der Waals surface area contributed by atoms with Crippen molar-refractivity contribution in [2.45, 2.75) is 25.8 Å². The summed E-state index contributed by atoms with van der Waals surface area (Å²) in [6.45, 7) is 4.38. The van der Waals surface area contributed by atoms with Crippen molar-refractivity contribution in [3.63, 3.8) is 0 Å². The highest BCUT2D eigenvalue weighted by atomic mass is 35.5. The predicted molar refractivity (Wildman–Crippen MR) is 77.8 cm³/mol. The van der Waals surface area contributed by atoms with Crippen LogP contribution in [0.5, 0.6) is 5.75 Å². The highest BCUT2D eigenvalue weighted by Gasteiger charge is 2.30. The largest absolute Gasteiger partial charge is 0.496 e. The standard InChI is InChI=1S/C15H22ClNO2/c1-11(10-18)15(17-7-3-4-8-17)13-9-12(16)5-6-14(13)19-2/h5-6,9,11,15,18H,3-4,7-8,10H2,1-2H3. The lowest BCUT2D eigenvalue weighted by molar-refractivity contribution is 0.124. The predicted octanol–water partition coefficient (Wildman–Crippen LogP) is 3.11. The first kappa shape index (κ1) is 14.6. The average molecular weight is 284 g/mol. The van der Waals surface area contributed by atoms with Gasteiger partial charge < -0.3 is 9.84 Å². The SMILES string of the molecule is COc1ccc(Cl)cc1C(C(C)CO)N1CCCC1. The first-order chi connectivity index (χ1) is 9.17. The van der Waals surface area contributed by atoms with E-state index >= 15 is 0 Å². The van der Waals surface area contributed by atoms with Crippen LogP contribution in [0.1, 0.15) is 31.4 Å². The Morgan fingerprint density at radius 1 is 1.37 bits per heavy atom. The van der Waals surface area contributed by atoms with Gasteiger partial charge in [0.15, 0.2) is 0 Å². The molecule has 106 valence electrons. The minimum atomic E-state index is 0.158. The summed E-state index contributed by atoms with van der Waals surface area (Å²) >= 11 is 6.14. The van der Waals surface area contributed by atoms with E-state index in [0.717, 1.165) is 24.4 Å². The number of ether oxygens (including phenoxy) is 1. The summed E-state index contributed by atoms with van der Waals surface area (Å²) in [6, 6.07) is 5.88. The number of aliphatic hydroxyl groups excluding tert-OH is 1. The summed E-state index contributed by atoms with van der Waals surface area (Å²) in [5.74, 6) is 1.01. The zero-order chi connectivity index (χ0) is 13.8. The molecule has 3 nitrogen and oxygen atoms in total. The van der Waals surface area contributed by atoms with Crippen molar-refractivity contribution in [1.29, 1.82) is 0 Å². The van der Waals surface area contributed by atoms with Crippen molar-refractivity contribution in [2.24, 2.45) is 5.92 Å². The van der Waals surface area contributed by atoms with Gasteiger partial charge in [-0.3, -0.25) is 4.90 Å². The van der Waals surface area contributed by atoms with Crippen molar-refractivity contribution in [1.82, 2.24) is 4.90 Å². The van der Waals surface area contributed by atoms with Gasteiger partial charge in [-0.05, 0) is 50.0 Å². The topological polar surface area (TPSA) is 32.7 Å². The van der Waals surface area contributed by atoms with Gasteiger partial charge in [-0.25, -0.2) is 0 Å². The molecule has 1 aromatic rings. The molecule has 1 fully saturated rings. The number of benzene rings is 1. The minimum Gasteiger partial charge on any atom is -0.496 e. The Labute approximate surface area is 120 Å². The number of rotatable bonds is 5. The lowest BCUT2D eigenvalue weighted by Crippen LogP contribution is -2.32. The summed E-state index contributed by atoms with van der Waals surface area (Å²) < 4.78 is 5.47. The summed E-state index contributed by atoms with van der Waals surface area (Å²) in [5, 5.41) is 10.3. The van der Waals surface area contributed by atoms with Crippen LogP contribution in [0.3, 0.4) is 0 Å². The lowest BCUT2D eigenvalue weighted by Gasteiger charge is -2.33. The molecule has 1 saturated heterocycles. The molecule has 1 aliphatic rings. The second-order valence-corrected chi connectivity index (χ2v) is 5.67. The first-order valence-corrected chi connectivity index (χ1v) is 7.23. The van der Waals surface area contributed by atoms with E-state index in [1.54, 1.807) is 7.11 Å². The zero-order valence-electron chi connectivity index (χ0n) is 11.6. The molecular formula is C15H22ClNO2. The Hall–Kier alpha value is -0.770. The highest BCUT2D eigenvalue weighted by Crippen LogP contribution is 2.38. The number of aliphatic hydroxyl groups is 1. The number of nitrogens with zero attached hydrogens (tertiary/aromatic N) is 1. The van der Waals surface area contributed by atoms with E-state index in [1.165, 1.54) is 12.8 Å². The van der Waals surface area contributed by atoms with Crippen molar-refractivity contribution in [2.75, 3.05) is 26.8 Å². The molecule has 0 aromatic heterocycles. The molecule has 2 rings (SSSR count). The Kier molecular flexibility index (Phi) is 5.08. The van der Waals surface area contributed by atoms with Gasteiger partial charge in [0.25, 0.3) is 0 Å². The number of likely N-dealkylation sites (tertiary alicyclic amines) is 1. The Morgan fingerprint density at radius 3 is 2.63 bits per heavy atom. The van der Waals surface area contributed by atoms with Gasteiger partial charge in [-0.2, -0.15) is 0 Å². The molecule has 1 N–H and O–H groups in total. The van der Waals surface area contributed by atoms with E-state index in [2.05, 4.69) is 11.8 Å². The maximum absolute atomic E-state index is 9.56. The molecule has 0 radical (unpaired) electrons. The summed E-state index contributed by atoms with van der Waals surface area (Å²) in [6.07, 6.45) is 2.44. The van der Waals surface area contributed by atoms with Crippen molar-refractivity contribution >= 4 is 11.6 Å². The van der Waals surface area contributed by atoms with Gasteiger partial charge in [0.1, 0.15) is 5.75 Å². The van der Waals surface area contributed by atoms with Crippen molar-refractivity contribution in [3.8, 4) is 5.75 Å². The molecule has 0 bridgehead atoms. The second kappa shape index (κ2) is 6.60. The van der Waals surface area contributed by atoms with Gasteiger partial charge in [-0.1, -0.05) is 18.5 Å². The Bertz CT molecular complexity index is 419. The maximum Gasteiger partial charge on any atom is 0.123 e. The van der Waals surface area contributed by atoms with E-state index < -0.39 is 0 Å². The molecule has 2 atom stereocenters. The molecule has 4 heteroatoms. The van der Waals surface area contributed by atoms with Crippen LogP contribution >= 0.6 is 11.6 Å².